The maximum Gasteiger partial charge on any atom is 0.416 e. The minimum atomic E-state index is -4.71. The molecule has 1 fully saturated rings. The Morgan fingerprint density at radius 1 is 1.35 bits per heavy atom. The van der Waals surface area contributed by atoms with Crippen LogP contribution in [-0.4, -0.2) is 45.9 Å². The average Bonchev–Trinajstić information content (AvgIpc) is 3.36. The predicted molar refractivity (Wildman–Crippen MR) is 83.6 cm³/mol. The topological polar surface area (TPSA) is 113 Å². The first-order chi connectivity index (χ1) is 12.1. The molecular weight excluding hydrogens is 359 g/mol. The molecular formula is C15H16F3N3O5. The largest absolute Gasteiger partial charge is 0.480 e. The average molecular weight is 375 g/mol. The predicted octanol–water partition coefficient (Wildman–Crippen LogP) is 2.49. The summed E-state index contributed by atoms with van der Waals surface area (Å²) in [5, 5.41) is 22.4. The van der Waals surface area contributed by atoms with Gasteiger partial charge in [-0.15, -0.1) is 0 Å². The van der Waals surface area contributed by atoms with Crippen molar-refractivity contribution in [2.45, 2.75) is 31.5 Å². The molecule has 0 aromatic heterocycles. The molecule has 0 atom stereocenters. The van der Waals surface area contributed by atoms with Crippen LogP contribution < -0.4 is 5.32 Å². The molecule has 0 radical (unpaired) electrons. The van der Waals surface area contributed by atoms with Crippen LogP contribution in [0.1, 0.15) is 24.8 Å². The van der Waals surface area contributed by atoms with E-state index in [0.29, 0.717) is 12.1 Å². The molecule has 1 aliphatic carbocycles. The fraction of sp³-hybridized carbons (Fsp3) is 0.467. The molecule has 0 bridgehead atoms. The van der Waals surface area contributed by atoms with Gasteiger partial charge in [-0.2, -0.15) is 13.2 Å². The number of carbonyl (C=O) groups is 2. The number of rotatable bonds is 8. The van der Waals surface area contributed by atoms with Gasteiger partial charge in [-0.05, 0) is 25.0 Å². The number of carboxylic acids is 1. The van der Waals surface area contributed by atoms with Crippen LogP contribution in [0.2, 0.25) is 0 Å². The summed E-state index contributed by atoms with van der Waals surface area (Å²) >= 11 is 0. The first-order valence-corrected chi connectivity index (χ1v) is 7.70. The molecule has 1 amide bonds. The number of nitro groups is 1. The zero-order chi connectivity index (χ0) is 19.5. The summed E-state index contributed by atoms with van der Waals surface area (Å²) in [6.07, 6.45) is -3.41. The second kappa shape index (κ2) is 7.58. The van der Waals surface area contributed by atoms with Crippen LogP contribution in [0.3, 0.4) is 0 Å². The van der Waals surface area contributed by atoms with Crippen LogP contribution in [-0.2, 0) is 15.8 Å². The quantitative estimate of drug-likeness (QED) is 0.533. The van der Waals surface area contributed by atoms with E-state index in [4.69, 9.17) is 5.11 Å². The molecule has 2 N–H and O–H groups in total. The molecule has 1 aliphatic rings. The van der Waals surface area contributed by atoms with Crippen LogP contribution >= 0.6 is 0 Å². The number of nitrogens with one attached hydrogen (secondary N) is 1. The Labute approximate surface area is 145 Å². The highest BCUT2D eigenvalue weighted by Crippen LogP contribution is 2.35. The van der Waals surface area contributed by atoms with Gasteiger partial charge in [0.25, 0.3) is 5.69 Å². The Kier molecular flexibility index (Phi) is 5.68. The fourth-order valence-electron chi connectivity index (χ4n) is 2.41. The summed E-state index contributed by atoms with van der Waals surface area (Å²) in [4.78, 5) is 34.2. The summed E-state index contributed by atoms with van der Waals surface area (Å²) in [7, 11) is 0. The maximum atomic E-state index is 12.7. The summed E-state index contributed by atoms with van der Waals surface area (Å²) in [5.41, 5.74) is -2.05. The van der Waals surface area contributed by atoms with Gasteiger partial charge in [-0.3, -0.25) is 19.7 Å². The van der Waals surface area contributed by atoms with Gasteiger partial charge in [0.05, 0.1) is 10.5 Å². The fourth-order valence-corrected chi connectivity index (χ4v) is 2.41. The van der Waals surface area contributed by atoms with Crippen molar-refractivity contribution in [1.82, 2.24) is 4.90 Å². The molecule has 0 spiro atoms. The number of nitro benzene ring substituents is 1. The number of alkyl halides is 3. The number of amides is 1. The van der Waals surface area contributed by atoms with E-state index in [1.807, 2.05) is 0 Å². The smallest absolute Gasteiger partial charge is 0.416 e. The van der Waals surface area contributed by atoms with E-state index in [-0.39, 0.29) is 24.7 Å². The molecule has 1 aromatic rings. The number of anilines is 1. The van der Waals surface area contributed by atoms with Gasteiger partial charge in [0, 0.05) is 25.1 Å². The first-order valence-electron chi connectivity index (χ1n) is 7.70. The molecule has 2 rings (SSSR count). The summed E-state index contributed by atoms with van der Waals surface area (Å²) in [5.74, 6) is -1.58. The van der Waals surface area contributed by atoms with E-state index in [9.17, 15) is 32.9 Å². The van der Waals surface area contributed by atoms with Crippen LogP contribution in [0.4, 0.5) is 24.5 Å². The normalized spacial score (nSPS) is 14.0. The molecule has 0 saturated heterocycles. The second-order valence-corrected chi connectivity index (χ2v) is 5.81. The van der Waals surface area contributed by atoms with Crippen molar-refractivity contribution in [3.05, 3.63) is 33.9 Å². The van der Waals surface area contributed by atoms with Gasteiger partial charge < -0.3 is 15.3 Å². The molecule has 8 nitrogen and oxygen atoms in total. The molecule has 0 unspecified atom stereocenters. The van der Waals surface area contributed by atoms with Crippen LogP contribution in [0, 0.1) is 10.1 Å². The third kappa shape index (κ3) is 5.07. The number of nitrogens with zero attached hydrogens (tertiary/aromatic N) is 2. The Morgan fingerprint density at radius 2 is 2.00 bits per heavy atom. The van der Waals surface area contributed by atoms with Crippen molar-refractivity contribution >= 4 is 23.3 Å². The van der Waals surface area contributed by atoms with E-state index < -0.39 is 40.8 Å². The number of hydrogen-bond donors (Lipinski definition) is 2. The van der Waals surface area contributed by atoms with E-state index in [1.54, 1.807) is 0 Å². The number of benzene rings is 1. The number of carbonyl (C=O) groups excluding carboxylic acids is 1. The SMILES string of the molecule is O=C(O)CN(C(=O)CCNc1ccc(C(F)(F)F)cc1[N+](=O)[O-])C1CC1. The van der Waals surface area contributed by atoms with Crippen molar-refractivity contribution < 1.29 is 32.8 Å². The molecule has 1 saturated carbocycles. The van der Waals surface area contributed by atoms with Crippen LogP contribution in [0.5, 0.6) is 0 Å². The molecule has 1 aromatic carbocycles. The van der Waals surface area contributed by atoms with Crippen molar-refractivity contribution in [2.75, 3.05) is 18.4 Å². The Balaban J connectivity index is 2.01. The molecule has 0 heterocycles. The van der Waals surface area contributed by atoms with Crippen LogP contribution in [0.15, 0.2) is 18.2 Å². The summed E-state index contributed by atoms with van der Waals surface area (Å²) < 4.78 is 38.0. The Bertz CT molecular complexity index is 719. The highest BCUT2D eigenvalue weighted by atomic mass is 19.4. The molecule has 142 valence electrons. The van der Waals surface area contributed by atoms with Gasteiger partial charge in [-0.1, -0.05) is 0 Å². The Hall–Kier alpha value is -2.85. The second-order valence-electron chi connectivity index (χ2n) is 5.81. The first kappa shape index (κ1) is 19.5. The van der Waals surface area contributed by atoms with Gasteiger partial charge in [0.2, 0.25) is 5.91 Å². The highest BCUT2D eigenvalue weighted by Gasteiger charge is 2.34. The lowest BCUT2D eigenvalue weighted by atomic mass is 10.1. The number of hydrogen-bond acceptors (Lipinski definition) is 5. The third-order valence-corrected chi connectivity index (χ3v) is 3.79. The summed E-state index contributed by atoms with van der Waals surface area (Å²) in [6.45, 7) is -0.502. The van der Waals surface area contributed by atoms with Crippen molar-refractivity contribution in [3.63, 3.8) is 0 Å². The maximum absolute atomic E-state index is 12.7. The summed E-state index contributed by atoms with van der Waals surface area (Å²) in [6, 6.07) is 1.95. The lowest BCUT2D eigenvalue weighted by Gasteiger charge is -2.20. The van der Waals surface area contributed by atoms with E-state index >= 15 is 0 Å². The van der Waals surface area contributed by atoms with Gasteiger partial charge in [0.15, 0.2) is 0 Å². The van der Waals surface area contributed by atoms with E-state index in [1.165, 1.54) is 4.90 Å². The Morgan fingerprint density at radius 3 is 2.50 bits per heavy atom. The molecule has 11 heteroatoms. The van der Waals surface area contributed by atoms with Gasteiger partial charge >= 0.3 is 12.1 Å². The monoisotopic (exact) mass is 375 g/mol. The zero-order valence-corrected chi connectivity index (χ0v) is 13.5. The van der Waals surface area contributed by atoms with Crippen molar-refractivity contribution in [3.8, 4) is 0 Å². The van der Waals surface area contributed by atoms with Crippen molar-refractivity contribution in [1.29, 1.82) is 0 Å². The van der Waals surface area contributed by atoms with Gasteiger partial charge in [-0.25, -0.2) is 0 Å². The lowest BCUT2D eigenvalue weighted by molar-refractivity contribution is -0.384. The van der Waals surface area contributed by atoms with Crippen LogP contribution in [0.25, 0.3) is 0 Å². The zero-order valence-electron chi connectivity index (χ0n) is 13.5. The lowest BCUT2D eigenvalue weighted by Crippen LogP contribution is -2.38. The minimum Gasteiger partial charge on any atom is -0.480 e. The number of carboxylic acid groups (broad SMARTS) is 1. The molecule has 26 heavy (non-hydrogen) atoms. The highest BCUT2D eigenvalue weighted by molar-refractivity contribution is 5.82. The third-order valence-electron chi connectivity index (χ3n) is 3.79. The van der Waals surface area contributed by atoms with Gasteiger partial charge in [0.1, 0.15) is 12.2 Å². The van der Waals surface area contributed by atoms with Crippen molar-refractivity contribution in [2.24, 2.45) is 0 Å². The van der Waals surface area contributed by atoms with E-state index in [0.717, 1.165) is 18.9 Å². The van der Waals surface area contributed by atoms with E-state index in [2.05, 4.69) is 5.32 Å². The molecule has 0 aliphatic heterocycles. The minimum absolute atomic E-state index is 0.0755. The number of aliphatic carboxylic acids is 1. The number of halogens is 3. The standard InChI is InChI=1S/C15H16F3N3O5/c16-15(17,18)9-1-4-11(12(7-9)21(25)26)19-6-5-13(22)20(8-14(23)24)10-2-3-10/h1,4,7,10,19H,2-3,5-6,8H2,(H,23,24).